The van der Waals surface area contributed by atoms with E-state index >= 15 is 0 Å². The molecule has 0 radical (unpaired) electrons. The van der Waals surface area contributed by atoms with Gasteiger partial charge in [0.25, 0.3) is 0 Å². The van der Waals surface area contributed by atoms with Crippen molar-refractivity contribution in [2.45, 2.75) is 11.0 Å². The normalized spacial score (nSPS) is 17.7. The molecule has 1 aromatic carbocycles. The second-order valence-electron chi connectivity index (χ2n) is 3.57. The monoisotopic (exact) mass is 211 g/mol. The van der Waals surface area contributed by atoms with Crippen LogP contribution in [0.25, 0.3) is 0 Å². The Morgan fingerprint density at radius 2 is 1.86 bits per heavy atom. The Balaban J connectivity index is 2.10. The molecule has 0 saturated carbocycles. The third-order valence-electron chi connectivity index (χ3n) is 2.46. The van der Waals surface area contributed by atoms with Gasteiger partial charge in [0.1, 0.15) is 0 Å². The van der Waals surface area contributed by atoms with Crippen LogP contribution in [0.4, 0.5) is 0 Å². The topological polar surface area (TPSA) is 46.2 Å². The van der Waals surface area contributed by atoms with Crippen LogP contribution in [0.5, 0.6) is 0 Å². The molecule has 0 atom stereocenters. The van der Waals surface area contributed by atoms with Gasteiger partial charge in [0.05, 0.1) is 11.0 Å². The molecule has 0 aliphatic carbocycles. The van der Waals surface area contributed by atoms with Crippen molar-refractivity contribution < 1.29 is 8.42 Å². The minimum absolute atomic E-state index is 0.167. The Morgan fingerprint density at radius 3 is 2.36 bits per heavy atom. The predicted molar refractivity (Wildman–Crippen MR) is 55.7 cm³/mol. The van der Waals surface area contributed by atoms with Gasteiger partial charge in [0, 0.05) is 13.1 Å². The largest absolute Gasteiger partial charge is 0.314 e. The Morgan fingerprint density at radius 1 is 1.21 bits per heavy atom. The van der Waals surface area contributed by atoms with Gasteiger partial charge in [0.15, 0.2) is 9.84 Å². The molecule has 0 bridgehead atoms. The SMILES string of the molecule is O=S(=O)(Cc1ccccc1)C1CNC1. The van der Waals surface area contributed by atoms with Crippen LogP contribution >= 0.6 is 0 Å². The summed E-state index contributed by atoms with van der Waals surface area (Å²) in [7, 11) is -2.94. The molecule has 2 rings (SSSR count). The van der Waals surface area contributed by atoms with Crippen molar-refractivity contribution in [3.05, 3.63) is 35.9 Å². The van der Waals surface area contributed by atoms with Gasteiger partial charge in [-0.25, -0.2) is 8.42 Å². The summed E-state index contributed by atoms with van der Waals surface area (Å²) in [6, 6.07) is 9.32. The fraction of sp³-hybridized carbons (Fsp3) is 0.400. The van der Waals surface area contributed by atoms with Gasteiger partial charge in [-0.3, -0.25) is 0 Å². The maximum Gasteiger partial charge on any atom is 0.159 e. The van der Waals surface area contributed by atoms with Crippen LogP contribution in [-0.4, -0.2) is 26.8 Å². The highest BCUT2D eigenvalue weighted by Crippen LogP contribution is 2.13. The molecule has 1 fully saturated rings. The van der Waals surface area contributed by atoms with Crippen molar-refractivity contribution in [2.24, 2.45) is 0 Å². The summed E-state index contributed by atoms with van der Waals surface area (Å²) in [5, 5.41) is 2.80. The highest BCUT2D eigenvalue weighted by molar-refractivity contribution is 7.91. The number of nitrogens with one attached hydrogen (secondary N) is 1. The molecular formula is C10H13NO2S. The Hall–Kier alpha value is -0.870. The van der Waals surface area contributed by atoms with Gasteiger partial charge in [-0.05, 0) is 5.56 Å². The van der Waals surface area contributed by atoms with E-state index in [9.17, 15) is 8.42 Å². The standard InChI is InChI=1S/C10H13NO2S/c12-14(13,10-6-11-7-10)8-9-4-2-1-3-5-9/h1-5,10-11H,6-8H2. The van der Waals surface area contributed by atoms with Crippen molar-refractivity contribution in [2.75, 3.05) is 13.1 Å². The van der Waals surface area contributed by atoms with E-state index in [0.717, 1.165) is 5.56 Å². The Kier molecular flexibility index (Phi) is 2.56. The van der Waals surface area contributed by atoms with E-state index in [2.05, 4.69) is 5.32 Å². The molecule has 0 unspecified atom stereocenters. The lowest BCUT2D eigenvalue weighted by molar-refractivity contribution is 0.495. The molecule has 1 aromatic rings. The molecule has 14 heavy (non-hydrogen) atoms. The lowest BCUT2D eigenvalue weighted by Crippen LogP contribution is -2.51. The lowest BCUT2D eigenvalue weighted by Gasteiger charge is -2.26. The molecule has 0 aromatic heterocycles. The highest BCUT2D eigenvalue weighted by Gasteiger charge is 2.30. The van der Waals surface area contributed by atoms with Crippen LogP contribution in [-0.2, 0) is 15.6 Å². The number of hydrogen-bond donors (Lipinski definition) is 1. The second-order valence-corrected chi connectivity index (χ2v) is 5.85. The van der Waals surface area contributed by atoms with Crippen LogP contribution in [0.2, 0.25) is 0 Å². The first-order chi connectivity index (χ1) is 6.68. The van der Waals surface area contributed by atoms with Crippen LogP contribution in [0, 0.1) is 0 Å². The van der Waals surface area contributed by atoms with Crippen molar-refractivity contribution in [1.82, 2.24) is 5.32 Å². The molecular weight excluding hydrogens is 198 g/mol. The van der Waals surface area contributed by atoms with E-state index in [-0.39, 0.29) is 11.0 Å². The summed E-state index contributed by atoms with van der Waals surface area (Å²) in [6.45, 7) is 1.21. The molecule has 1 aliphatic heterocycles. The van der Waals surface area contributed by atoms with Crippen molar-refractivity contribution in [1.29, 1.82) is 0 Å². The number of hydrogen-bond acceptors (Lipinski definition) is 3. The molecule has 4 heteroatoms. The summed E-state index contributed by atoms with van der Waals surface area (Å²) < 4.78 is 23.5. The van der Waals surface area contributed by atoms with E-state index in [1.54, 1.807) is 0 Å². The summed E-state index contributed by atoms with van der Waals surface area (Å²) in [5.41, 5.74) is 0.874. The molecule has 3 nitrogen and oxygen atoms in total. The smallest absolute Gasteiger partial charge is 0.159 e. The van der Waals surface area contributed by atoms with Gasteiger partial charge in [-0.1, -0.05) is 30.3 Å². The number of sulfone groups is 1. The van der Waals surface area contributed by atoms with Gasteiger partial charge >= 0.3 is 0 Å². The predicted octanol–water partition coefficient (Wildman–Crippen LogP) is 0.573. The maximum atomic E-state index is 11.7. The quantitative estimate of drug-likeness (QED) is 0.795. The third-order valence-corrected chi connectivity index (χ3v) is 4.55. The van der Waals surface area contributed by atoms with Crippen LogP contribution in [0.3, 0.4) is 0 Å². The zero-order valence-corrected chi connectivity index (χ0v) is 8.63. The summed E-state index contributed by atoms with van der Waals surface area (Å²) in [4.78, 5) is 0. The van der Waals surface area contributed by atoms with Crippen LogP contribution in [0.15, 0.2) is 30.3 Å². The molecule has 76 valence electrons. The van der Waals surface area contributed by atoms with Gasteiger partial charge in [-0.2, -0.15) is 0 Å². The van der Waals surface area contributed by atoms with Crippen molar-refractivity contribution in [3.8, 4) is 0 Å². The van der Waals surface area contributed by atoms with Crippen molar-refractivity contribution in [3.63, 3.8) is 0 Å². The fourth-order valence-corrected chi connectivity index (χ4v) is 3.08. The molecule has 1 saturated heterocycles. The first-order valence-corrected chi connectivity index (χ1v) is 6.36. The third kappa shape index (κ3) is 1.96. The maximum absolute atomic E-state index is 11.7. The molecule has 1 N–H and O–H groups in total. The number of benzene rings is 1. The second kappa shape index (κ2) is 3.71. The summed E-state index contributed by atoms with van der Waals surface area (Å²) in [6.07, 6.45) is 0. The molecule has 1 heterocycles. The summed E-state index contributed by atoms with van der Waals surface area (Å²) in [5.74, 6) is 0.167. The fourth-order valence-electron chi connectivity index (χ4n) is 1.44. The van der Waals surface area contributed by atoms with E-state index < -0.39 is 9.84 Å². The average molecular weight is 211 g/mol. The van der Waals surface area contributed by atoms with Crippen LogP contribution in [0.1, 0.15) is 5.56 Å². The minimum Gasteiger partial charge on any atom is -0.314 e. The molecule has 0 spiro atoms. The molecule has 0 amide bonds. The van der Waals surface area contributed by atoms with E-state index in [1.807, 2.05) is 30.3 Å². The average Bonchev–Trinajstić information content (AvgIpc) is 2.00. The van der Waals surface area contributed by atoms with E-state index in [4.69, 9.17) is 0 Å². The van der Waals surface area contributed by atoms with Gasteiger partial charge < -0.3 is 5.32 Å². The van der Waals surface area contributed by atoms with Gasteiger partial charge in [-0.15, -0.1) is 0 Å². The Bertz CT molecular complexity index is 395. The first-order valence-electron chi connectivity index (χ1n) is 4.65. The van der Waals surface area contributed by atoms with Crippen molar-refractivity contribution >= 4 is 9.84 Å². The Labute approximate surface area is 84.1 Å². The van der Waals surface area contributed by atoms with E-state index in [0.29, 0.717) is 13.1 Å². The highest BCUT2D eigenvalue weighted by atomic mass is 32.2. The minimum atomic E-state index is -2.94. The zero-order valence-electron chi connectivity index (χ0n) is 7.81. The van der Waals surface area contributed by atoms with Crippen LogP contribution < -0.4 is 5.32 Å². The number of rotatable bonds is 3. The van der Waals surface area contributed by atoms with Gasteiger partial charge in [0.2, 0.25) is 0 Å². The van der Waals surface area contributed by atoms with E-state index in [1.165, 1.54) is 0 Å². The summed E-state index contributed by atoms with van der Waals surface area (Å²) >= 11 is 0. The first kappa shape index (κ1) is 9.68. The molecule has 1 aliphatic rings. The lowest BCUT2D eigenvalue weighted by atomic mass is 10.2. The zero-order chi connectivity index (χ0) is 10.0.